The van der Waals surface area contributed by atoms with Crippen molar-refractivity contribution in [1.82, 2.24) is 5.06 Å². The highest BCUT2D eigenvalue weighted by Gasteiger charge is 2.28. The van der Waals surface area contributed by atoms with Gasteiger partial charge in [0.2, 0.25) is 0 Å². The molecule has 0 unspecified atom stereocenters. The van der Waals surface area contributed by atoms with Crippen LogP contribution in [0.15, 0.2) is 36.4 Å². The SMILES string of the molecule is Cc1ccc(F)cc1CN(c1ccc(C#N)c(Cl)c1)[C@H]1CCON(C(C)C)C1. The molecule has 2 aromatic carbocycles. The van der Waals surface area contributed by atoms with Crippen LogP contribution >= 0.6 is 11.6 Å². The Labute approximate surface area is 171 Å². The third kappa shape index (κ3) is 4.64. The monoisotopic (exact) mass is 401 g/mol. The van der Waals surface area contributed by atoms with Crippen LogP contribution in [0.5, 0.6) is 0 Å². The average molecular weight is 402 g/mol. The predicted molar refractivity (Wildman–Crippen MR) is 110 cm³/mol. The molecular weight excluding hydrogens is 377 g/mol. The molecule has 4 nitrogen and oxygen atoms in total. The van der Waals surface area contributed by atoms with Gasteiger partial charge in [0.15, 0.2) is 0 Å². The molecule has 2 aromatic rings. The van der Waals surface area contributed by atoms with Gasteiger partial charge in [0.25, 0.3) is 0 Å². The molecule has 148 valence electrons. The molecule has 6 heteroatoms. The largest absolute Gasteiger partial charge is 0.363 e. The van der Waals surface area contributed by atoms with Gasteiger partial charge in [-0.05, 0) is 68.7 Å². The summed E-state index contributed by atoms with van der Waals surface area (Å²) in [6, 6.07) is 12.9. The molecule has 1 atom stereocenters. The number of hydrogen-bond acceptors (Lipinski definition) is 4. The maximum absolute atomic E-state index is 13.9. The van der Waals surface area contributed by atoms with Crippen LogP contribution in [-0.2, 0) is 11.4 Å². The molecule has 1 aliphatic rings. The smallest absolute Gasteiger partial charge is 0.123 e. The van der Waals surface area contributed by atoms with Crippen molar-refractivity contribution in [1.29, 1.82) is 5.26 Å². The van der Waals surface area contributed by atoms with Crippen LogP contribution in [0.1, 0.15) is 37.0 Å². The molecule has 0 saturated carbocycles. The summed E-state index contributed by atoms with van der Waals surface area (Å²) in [7, 11) is 0. The second kappa shape index (κ2) is 8.91. The fraction of sp³-hybridized carbons (Fsp3) is 0.409. The predicted octanol–water partition coefficient (Wildman–Crippen LogP) is 5.08. The second-order valence-electron chi connectivity index (χ2n) is 7.44. The van der Waals surface area contributed by atoms with Crippen LogP contribution < -0.4 is 4.90 Å². The third-order valence-electron chi connectivity index (χ3n) is 5.17. The van der Waals surface area contributed by atoms with Crippen molar-refractivity contribution < 1.29 is 9.23 Å². The van der Waals surface area contributed by atoms with Crippen LogP contribution in [0, 0.1) is 24.1 Å². The Morgan fingerprint density at radius 2 is 2.11 bits per heavy atom. The fourth-order valence-corrected chi connectivity index (χ4v) is 3.69. The maximum atomic E-state index is 13.9. The topological polar surface area (TPSA) is 39.5 Å². The lowest BCUT2D eigenvalue weighted by Gasteiger charge is -2.41. The van der Waals surface area contributed by atoms with Crippen LogP contribution in [0.2, 0.25) is 5.02 Å². The Balaban J connectivity index is 1.97. The van der Waals surface area contributed by atoms with E-state index in [9.17, 15) is 9.65 Å². The van der Waals surface area contributed by atoms with E-state index in [-0.39, 0.29) is 17.9 Å². The van der Waals surface area contributed by atoms with Gasteiger partial charge in [-0.3, -0.25) is 4.84 Å². The van der Waals surface area contributed by atoms with Gasteiger partial charge in [0, 0.05) is 30.9 Å². The molecule has 1 aliphatic heterocycles. The van der Waals surface area contributed by atoms with Crippen LogP contribution in [0.4, 0.5) is 10.1 Å². The third-order valence-corrected chi connectivity index (χ3v) is 5.48. The molecule has 1 saturated heterocycles. The van der Waals surface area contributed by atoms with E-state index in [2.05, 4.69) is 24.8 Å². The molecule has 0 N–H and O–H groups in total. The lowest BCUT2D eigenvalue weighted by molar-refractivity contribution is -0.203. The van der Waals surface area contributed by atoms with Crippen LogP contribution in [0.3, 0.4) is 0 Å². The van der Waals surface area contributed by atoms with E-state index in [4.69, 9.17) is 16.4 Å². The molecule has 0 bridgehead atoms. The van der Waals surface area contributed by atoms with Gasteiger partial charge in [-0.2, -0.15) is 10.3 Å². The van der Waals surface area contributed by atoms with Crippen molar-refractivity contribution in [2.24, 2.45) is 0 Å². The average Bonchev–Trinajstić information content (AvgIpc) is 2.68. The summed E-state index contributed by atoms with van der Waals surface area (Å²) in [4.78, 5) is 8.03. The molecular formula is C22H25ClFN3O. The first-order valence-corrected chi connectivity index (χ1v) is 9.87. The Hall–Kier alpha value is -2.13. The van der Waals surface area contributed by atoms with Crippen molar-refractivity contribution in [3.8, 4) is 6.07 Å². The number of nitrogens with zero attached hydrogens (tertiary/aromatic N) is 3. The van der Waals surface area contributed by atoms with E-state index < -0.39 is 0 Å². The second-order valence-corrected chi connectivity index (χ2v) is 7.85. The van der Waals surface area contributed by atoms with E-state index in [0.29, 0.717) is 23.7 Å². The van der Waals surface area contributed by atoms with E-state index in [1.165, 1.54) is 6.07 Å². The molecule has 0 aromatic heterocycles. The van der Waals surface area contributed by atoms with Gasteiger partial charge in [0.05, 0.1) is 17.2 Å². The number of benzene rings is 2. The van der Waals surface area contributed by atoms with E-state index >= 15 is 0 Å². The van der Waals surface area contributed by atoms with Crippen molar-refractivity contribution >= 4 is 17.3 Å². The molecule has 0 spiro atoms. The number of hydroxylamine groups is 2. The van der Waals surface area contributed by atoms with Crippen molar-refractivity contribution in [3.63, 3.8) is 0 Å². The standard InChI is InChI=1S/C22H25ClFN3O/c1-15(2)27-14-21(8-9-28-27)26(13-18-10-19(24)6-4-16(18)3)20-7-5-17(12-25)22(23)11-20/h4-7,10-11,15,21H,8-9,13-14H2,1-3H3/t21-/m0/s1. The van der Waals surface area contributed by atoms with Crippen LogP contribution in [0.25, 0.3) is 0 Å². The molecule has 28 heavy (non-hydrogen) atoms. The highest BCUT2D eigenvalue weighted by Crippen LogP contribution is 2.29. The van der Waals surface area contributed by atoms with Gasteiger partial charge in [-0.1, -0.05) is 17.7 Å². The van der Waals surface area contributed by atoms with Gasteiger partial charge >= 0.3 is 0 Å². The first-order valence-electron chi connectivity index (χ1n) is 9.50. The quantitative estimate of drug-likeness (QED) is 0.700. The lowest BCUT2D eigenvalue weighted by Crippen LogP contribution is -2.50. The van der Waals surface area contributed by atoms with Gasteiger partial charge in [-0.25, -0.2) is 4.39 Å². The number of halogens is 2. The highest BCUT2D eigenvalue weighted by molar-refractivity contribution is 6.32. The zero-order chi connectivity index (χ0) is 20.3. The Bertz CT molecular complexity index is 881. The zero-order valence-corrected chi connectivity index (χ0v) is 17.2. The molecule has 1 fully saturated rings. The minimum absolute atomic E-state index is 0.183. The summed E-state index contributed by atoms with van der Waals surface area (Å²) in [6.45, 7) is 8.12. The van der Waals surface area contributed by atoms with Gasteiger partial charge < -0.3 is 4.90 Å². The van der Waals surface area contributed by atoms with Crippen molar-refractivity contribution in [2.45, 2.75) is 45.8 Å². The Morgan fingerprint density at radius 1 is 1.32 bits per heavy atom. The Kier molecular flexibility index (Phi) is 6.56. The molecule has 3 rings (SSSR count). The number of rotatable bonds is 5. The summed E-state index contributed by atoms with van der Waals surface area (Å²) >= 11 is 6.31. The van der Waals surface area contributed by atoms with Gasteiger partial charge in [-0.15, -0.1) is 0 Å². The molecule has 0 amide bonds. The molecule has 0 aliphatic carbocycles. The van der Waals surface area contributed by atoms with Gasteiger partial charge in [0.1, 0.15) is 11.9 Å². The minimum Gasteiger partial charge on any atom is -0.363 e. The van der Waals surface area contributed by atoms with Crippen LogP contribution in [-0.4, -0.2) is 30.3 Å². The molecule has 0 radical (unpaired) electrons. The minimum atomic E-state index is -0.241. The first-order chi connectivity index (χ1) is 13.4. The lowest BCUT2D eigenvalue weighted by atomic mass is 10.0. The van der Waals surface area contributed by atoms with Crippen molar-refractivity contribution in [2.75, 3.05) is 18.1 Å². The number of aryl methyl sites for hydroxylation is 1. The maximum Gasteiger partial charge on any atom is 0.123 e. The summed E-state index contributed by atoms with van der Waals surface area (Å²) in [5.74, 6) is -0.241. The first kappa shape index (κ1) is 20.6. The van der Waals surface area contributed by atoms with E-state index in [1.807, 2.05) is 24.1 Å². The summed E-state index contributed by atoms with van der Waals surface area (Å²) in [6.07, 6.45) is 0.856. The Morgan fingerprint density at radius 3 is 2.79 bits per heavy atom. The zero-order valence-electron chi connectivity index (χ0n) is 16.5. The molecule has 1 heterocycles. The summed E-state index contributed by atoms with van der Waals surface area (Å²) in [5.41, 5.74) is 3.34. The number of hydrogen-bond donors (Lipinski definition) is 0. The van der Waals surface area contributed by atoms with E-state index in [0.717, 1.165) is 29.8 Å². The van der Waals surface area contributed by atoms with E-state index in [1.54, 1.807) is 18.2 Å². The van der Waals surface area contributed by atoms with Crippen molar-refractivity contribution in [3.05, 3.63) is 63.9 Å². The number of anilines is 1. The number of nitriles is 1. The highest BCUT2D eigenvalue weighted by atomic mass is 35.5. The summed E-state index contributed by atoms with van der Waals surface area (Å²) in [5, 5.41) is 11.6. The normalized spacial score (nSPS) is 17.5. The fourth-order valence-electron chi connectivity index (χ4n) is 3.47. The summed E-state index contributed by atoms with van der Waals surface area (Å²) < 4.78 is 13.9.